The van der Waals surface area contributed by atoms with Gasteiger partial charge >= 0.3 is 0 Å². The van der Waals surface area contributed by atoms with E-state index in [2.05, 4.69) is 16.2 Å². The molecular formula is C14H19ClN4O2. The zero-order valence-corrected chi connectivity index (χ0v) is 12.7. The van der Waals surface area contributed by atoms with E-state index in [0.717, 1.165) is 5.56 Å². The van der Waals surface area contributed by atoms with Gasteiger partial charge in [-0.05, 0) is 38.0 Å². The predicted molar refractivity (Wildman–Crippen MR) is 80.3 cm³/mol. The molecule has 0 spiro atoms. The number of hydrogen-bond donors (Lipinski definition) is 4. The molecule has 0 radical (unpaired) electrons. The smallest absolute Gasteiger partial charge is 0.242 e. The minimum Gasteiger partial charge on any atom is -0.368 e. The zero-order chi connectivity index (χ0) is 15.6. The Balaban J connectivity index is 1.97. The van der Waals surface area contributed by atoms with Crippen molar-refractivity contribution in [3.63, 3.8) is 0 Å². The molecule has 2 rings (SSSR count). The molecule has 0 saturated carbocycles. The van der Waals surface area contributed by atoms with Gasteiger partial charge in [-0.3, -0.25) is 9.59 Å². The van der Waals surface area contributed by atoms with Gasteiger partial charge in [-0.25, -0.2) is 10.9 Å². The summed E-state index contributed by atoms with van der Waals surface area (Å²) in [6.45, 7) is 3.15. The van der Waals surface area contributed by atoms with E-state index in [9.17, 15) is 9.59 Å². The van der Waals surface area contributed by atoms with Crippen LogP contribution < -0.4 is 21.9 Å². The SMILES string of the molecule is CC(C)(NC(=O)C1CC(c2ccc(Cl)cc2)NN1)C(N)=O. The largest absolute Gasteiger partial charge is 0.368 e. The van der Waals surface area contributed by atoms with E-state index in [1.807, 2.05) is 24.3 Å². The Bertz CT molecular complexity index is 544. The highest BCUT2D eigenvalue weighted by Gasteiger charge is 2.34. The quantitative estimate of drug-likeness (QED) is 0.656. The fraction of sp³-hybridized carbons (Fsp3) is 0.429. The van der Waals surface area contributed by atoms with Crippen LogP contribution in [0.2, 0.25) is 5.02 Å². The number of hydrogen-bond acceptors (Lipinski definition) is 4. The molecule has 1 aliphatic rings. The number of nitrogens with two attached hydrogens (primary N) is 1. The van der Waals surface area contributed by atoms with Crippen molar-refractivity contribution in [1.82, 2.24) is 16.2 Å². The van der Waals surface area contributed by atoms with Gasteiger partial charge in [0.05, 0.1) is 0 Å². The Morgan fingerprint density at radius 1 is 1.29 bits per heavy atom. The van der Waals surface area contributed by atoms with Crippen molar-refractivity contribution in [3.8, 4) is 0 Å². The molecule has 0 bridgehead atoms. The van der Waals surface area contributed by atoms with Gasteiger partial charge in [0.2, 0.25) is 11.8 Å². The Morgan fingerprint density at radius 2 is 1.90 bits per heavy atom. The van der Waals surface area contributed by atoms with Gasteiger partial charge in [0.15, 0.2) is 0 Å². The number of benzene rings is 1. The lowest BCUT2D eigenvalue weighted by Gasteiger charge is -2.24. The standard InChI is InChI=1S/C14H19ClN4O2/c1-14(2,13(16)21)17-12(20)11-7-10(18-19-11)8-3-5-9(15)6-4-8/h3-6,10-11,18-19H,7H2,1-2H3,(H2,16,21)(H,17,20). The average molecular weight is 311 g/mol. The van der Waals surface area contributed by atoms with Crippen molar-refractivity contribution in [3.05, 3.63) is 34.9 Å². The van der Waals surface area contributed by atoms with Gasteiger partial charge in [-0.15, -0.1) is 0 Å². The topological polar surface area (TPSA) is 96.2 Å². The van der Waals surface area contributed by atoms with Crippen LogP contribution in [0, 0.1) is 0 Å². The van der Waals surface area contributed by atoms with Gasteiger partial charge in [-0.1, -0.05) is 23.7 Å². The number of nitrogens with one attached hydrogen (secondary N) is 3. The molecule has 2 atom stereocenters. The highest BCUT2D eigenvalue weighted by molar-refractivity contribution is 6.30. The summed E-state index contributed by atoms with van der Waals surface area (Å²) in [5.74, 6) is -0.834. The van der Waals surface area contributed by atoms with E-state index in [0.29, 0.717) is 11.4 Å². The summed E-state index contributed by atoms with van der Waals surface area (Å²) in [5.41, 5.74) is 11.2. The fourth-order valence-corrected chi connectivity index (χ4v) is 2.22. The Hall–Kier alpha value is -1.63. The van der Waals surface area contributed by atoms with Gasteiger partial charge in [0.25, 0.3) is 0 Å². The first kappa shape index (κ1) is 15.8. The van der Waals surface area contributed by atoms with Crippen molar-refractivity contribution < 1.29 is 9.59 Å². The zero-order valence-electron chi connectivity index (χ0n) is 11.9. The van der Waals surface area contributed by atoms with Crippen molar-refractivity contribution in [2.75, 3.05) is 0 Å². The van der Waals surface area contributed by atoms with Crippen molar-refractivity contribution in [1.29, 1.82) is 0 Å². The van der Waals surface area contributed by atoms with Gasteiger partial charge in [0, 0.05) is 11.1 Å². The second-order valence-electron chi connectivity index (χ2n) is 5.66. The van der Waals surface area contributed by atoms with Gasteiger partial charge in [0.1, 0.15) is 11.6 Å². The normalized spacial score (nSPS) is 22.0. The molecule has 1 aliphatic heterocycles. The van der Waals surface area contributed by atoms with Crippen LogP contribution in [0.15, 0.2) is 24.3 Å². The Labute approximate surface area is 128 Å². The summed E-state index contributed by atoms with van der Waals surface area (Å²) in [7, 11) is 0. The van der Waals surface area contributed by atoms with Crippen LogP contribution in [-0.2, 0) is 9.59 Å². The third-order valence-electron chi connectivity index (χ3n) is 3.54. The molecule has 114 valence electrons. The maximum Gasteiger partial charge on any atom is 0.242 e. The third kappa shape index (κ3) is 3.72. The second-order valence-corrected chi connectivity index (χ2v) is 6.10. The number of carbonyl (C=O) groups is 2. The first-order valence-corrected chi connectivity index (χ1v) is 7.06. The molecule has 1 heterocycles. The summed E-state index contributed by atoms with van der Waals surface area (Å²) < 4.78 is 0. The highest BCUT2D eigenvalue weighted by Crippen LogP contribution is 2.23. The predicted octanol–water partition coefficient (Wildman–Crippen LogP) is 0.628. The van der Waals surface area contributed by atoms with Crippen LogP contribution in [0.1, 0.15) is 31.9 Å². The summed E-state index contributed by atoms with van der Waals surface area (Å²) >= 11 is 5.86. The lowest BCUT2D eigenvalue weighted by molar-refractivity contribution is -0.131. The molecule has 7 heteroatoms. The third-order valence-corrected chi connectivity index (χ3v) is 3.80. The van der Waals surface area contributed by atoms with Gasteiger partial charge in [-0.2, -0.15) is 0 Å². The molecule has 21 heavy (non-hydrogen) atoms. The van der Waals surface area contributed by atoms with Crippen molar-refractivity contribution in [2.24, 2.45) is 5.73 Å². The van der Waals surface area contributed by atoms with Crippen LogP contribution >= 0.6 is 11.6 Å². The summed E-state index contributed by atoms with van der Waals surface area (Å²) in [4.78, 5) is 23.4. The molecule has 5 N–H and O–H groups in total. The lowest BCUT2D eigenvalue weighted by Crippen LogP contribution is -2.57. The molecular weight excluding hydrogens is 292 g/mol. The molecule has 1 aromatic carbocycles. The second kappa shape index (κ2) is 6.01. The molecule has 1 fully saturated rings. The number of primary amides is 1. The number of carbonyl (C=O) groups excluding carboxylic acids is 2. The number of amides is 2. The maximum atomic E-state index is 12.2. The van der Waals surface area contributed by atoms with E-state index < -0.39 is 17.5 Å². The van der Waals surface area contributed by atoms with E-state index in [-0.39, 0.29) is 11.9 Å². The Kier molecular flexibility index (Phi) is 4.51. The molecule has 2 unspecified atom stereocenters. The van der Waals surface area contributed by atoms with Crippen LogP contribution in [0.25, 0.3) is 0 Å². The minimum atomic E-state index is -1.07. The van der Waals surface area contributed by atoms with E-state index in [4.69, 9.17) is 17.3 Å². The Morgan fingerprint density at radius 3 is 2.48 bits per heavy atom. The molecule has 2 amide bonds. The van der Waals surface area contributed by atoms with Crippen molar-refractivity contribution in [2.45, 2.75) is 37.9 Å². The van der Waals surface area contributed by atoms with Crippen LogP contribution in [-0.4, -0.2) is 23.4 Å². The molecule has 6 nitrogen and oxygen atoms in total. The highest BCUT2D eigenvalue weighted by atomic mass is 35.5. The number of rotatable bonds is 4. The molecule has 0 aromatic heterocycles. The van der Waals surface area contributed by atoms with E-state index in [1.165, 1.54) is 0 Å². The first-order valence-electron chi connectivity index (χ1n) is 6.68. The van der Waals surface area contributed by atoms with Crippen LogP contribution in [0.3, 0.4) is 0 Å². The van der Waals surface area contributed by atoms with Crippen LogP contribution in [0.5, 0.6) is 0 Å². The summed E-state index contributed by atoms with van der Waals surface area (Å²) in [6, 6.07) is 7.02. The number of halogens is 1. The summed E-state index contributed by atoms with van der Waals surface area (Å²) in [6.07, 6.45) is 0.572. The lowest BCUT2D eigenvalue weighted by atomic mass is 10.00. The van der Waals surface area contributed by atoms with Gasteiger partial charge < -0.3 is 11.1 Å². The van der Waals surface area contributed by atoms with Crippen LogP contribution in [0.4, 0.5) is 0 Å². The molecule has 0 aliphatic carbocycles. The summed E-state index contributed by atoms with van der Waals surface area (Å²) in [5, 5.41) is 3.31. The number of hydrazine groups is 1. The monoisotopic (exact) mass is 310 g/mol. The van der Waals surface area contributed by atoms with E-state index in [1.54, 1.807) is 13.8 Å². The molecule has 1 saturated heterocycles. The van der Waals surface area contributed by atoms with Crippen molar-refractivity contribution >= 4 is 23.4 Å². The first-order chi connectivity index (χ1) is 9.79. The fourth-order valence-electron chi connectivity index (χ4n) is 2.10. The molecule has 1 aromatic rings. The van der Waals surface area contributed by atoms with E-state index >= 15 is 0 Å². The average Bonchev–Trinajstić information content (AvgIpc) is 2.88. The minimum absolute atomic E-state index is 0.00899. The maximum absolute atomic E-state index is 12.2.